The summed E-state index contributed by atoms with van der Waals surface area (Å²) in [6.07, 6.45) is 1.41. The highest BCUT2D eigenvalue weighted by Crippen LogP contribution is 2.36. The molecule has 0 saturated carbocycles. The average Bonchev–Trinajstić information content (AvgIpc) is 2.38. The van der Waals surface area contributed by atoms with Crippen LogP contribution in [0.15, 0.2) is 11.0 Å². The van der Waals surface area contributed by atoms with Gasteiger partial charge < -0.3 is 9.84 Å². The number of carbonyl (C=O) groups is 1. The Labute approximate surface area is 112 Å². The first-order chi connectivity index (χ1) is 8.88. The topological polar surface area (TPSA) is 80.7 Å². The van der Waals surface area contributed by atoms with E-state index in [1.54, 1.807) is 13.8 Å². The smallest absolute Gasteiger partial charge is 0.339 e. The number of fused-ring (bicyclic) bond motifs is 1. The standard InChI is InChI=1S/C13H16O5S/c1-3-19(16,17)11-7-10(13(14)15)12-9(8(11)2)5-4-6-18-12/h7H,3-6H2,1-2H3,(H,14,15). The maximum absolute atomic E-state index is 12.0. The van der Waals surface area contributed by atoms with Crippen LogP contribution in [0.25, 0.3) is 0 Å². The predicted octanol–water partition coefficient (Wildman–Crippen LogP) is 1.81. The molecule has 2 rings (SSSR count). The van der Waals surface area contributed by atoms with E-state index in [1.807, 2.05) is 0 Å². The Morgan fingerprint density at radius 3 is 2.74 bits per heavy atom. The van der Waals surface area contributed by atoms with Crippen LogP contribution in [0.4, 0.5) is 0 Å². The quantitative estimate of drug-likeness (QED) is 0.915. The molecule has 19 heavy (non-hydrogen) atoms. The Morgan fingerprint density at radius 1 is 1.47 bits per heavy atom. The molecule has 1 N–H and O–H groups in total. The Hall–Kier alpha value is -1.56. The van der Waals surface area contributed by atoms with Crippen molar-refractivity contribution in [2.45, 2.75) is 31.6 Å². The predicted molar refractivity (Wildman–Crippen MR) is 69.7 cm³/mol. The number of carboxylic acids is 1. The minimum atomic E-state index is -3.44. The van der Waals surface area contributed by atoms with Gasteiger partial charge in [-0.05, 0) is 37.0 Å². The van der Waals surface area contributed by atoms with Gasteiger partial charge in [-0.15, -0.1) is 0 Å². The lowest BCUT2D eigenvalue weighted by molar-refractivity contribution is 0.0690. The third kappa shape index (κ3) is 2.32. The van der Waals surface area contributed by atoms with Crippen molar-refractivity contribution < 1.29 is 23.1 Å². The molecule has 1 aliphatic rings. The average molecular weight is 284 g/mol. The molecule has 0 aromatic heterocycles. The van der Waals surface area contributed by atoms with Crippen molar-refractivity contribution >= 4 is 15.8 Å². The minimum Gasteiger partial charge on any atom is -0.492 e. The number of benzene rings is 1. The molecule has 1 heterocycles. The van der Waals surface area contributed by atoms with Gasteiger partial charge in [0.2, 0.25) is 0 Å². The van der Waals surface area contributed by atoms with Gasteiger partial charge in [-0.1, -0.05) is 6.92 Å². The molecule has 1 aliphatic heterocycles. The second kappa shape index (κ2) is 4.85. The molecular weight excluding hydrogens is 268 g/mol. The molecule has 0 amide bonds. The molecule has 0 unspecified atom stereocenters. The van der Waals surface area contributed by atoms with Crippen LogP contribution in [0.5, 0.6) is 5.75 Å². The molecular formula is C13H16O5S. The first kappa shape index (κ1) is 13.9. The number of carboxylic acid groups (broad SMARTS) is 1. The first-order valence-electron chi connectivity index (χ1n) is 6.13. The summed E-state index contributed by atoms with van der Waals surface area (Å²) in [5.41, 5.74) is 1.26. The van der Waals surface area contributed by atoms with Gasteiger partial charge in [0, 0.05) is 0 Å². The van der Waals surface area contributed by atoms with Gasteiger partial charge in [0.1, 0.15) is 11.3 Å². The Bertz CT molecular complexity index is 631. The van der Waals surface area contributed by atoms with Crippen molar-refractivity contribution in [2.24, 2.45) is 0 Å². The fourth-order valence-corrected chi connectivity index (χ4v) is 3.51. The van der Waals surface area contributed by atoms with Crippen LogP contribution in [0.3, 0.4) is 0 Å². The summed E-state index contributed by atoms with van der Waals surface area (Å²) in [6, 6.07) is 1.22. The lowest BCUT2D eigenvalue weighted by Gasteiger charge is -2.23. The minimum absolute atomic E-state index is 0.0491. The highest BCUT2D eigenvalue weighted by Gasteiger charge is 2.27. The van der Waals surface area contributed by atoms with Crippen molar-refractivity contribution in [1.29, 1.82) is 0 Å². The Balaban J connectivity index is 2.78. The number of aromatic carboxylic acids is 1. The number of hydrogen-bond acceptors (Lipinski definition) is 4. The van der Waals surface area contributed by atoms with E-state index >= 15 is 0 Å². The highest BCUT2D eigenvalue weighted by molar-refractivity contribution is 7.91. The van der Waals surface area contributed by atoms with Crippen LogP contribution in [0, 0.1) is 6.92 Å². The maximum Gasteiger partial charge on any atom is 0.339 e. The molecule has 0 spiro atoms. The molecule has 0 fully saturated rings. The van der Waals surface area contributed by atoms with Crippen LogP contribution >= 0.6 is 0 Å². The largest absolute Gasteiger partial charge is 0.492 e. The van der Waals surface area contributed by atoms with E-state index in [-0.39, 0.29) is 16.2 Å². The summed E-state index contributed by atoms with van der Waals surface area (Å²) >= 11 is 0. The van der Waals surface area contributed by atoms with Crippen molar-refractivity contribution in [1.82, 2.24) is 0 Å². The van der Waals surface area contributed by atoms with E-state index in [4.69, 9.17) is 4.74 Å². The third-order valence-corrected chi connectivity index (χ3v) is 5.23. The summed E-state index contributed by atoms with van der Waals surface area (Å²) in [4.78, 5) is 11.4. The van der Waals surface area contributed by atoms with E-state index in [2.05, 4.69) is 0 Å². The first-order valence-corrected chi connectivity index (χ1v) is 7.79. The second-order valence-electron chi connectivity index (χ2n) is 4.52. The van der Waals surface area contributed by atoms with Crippen molar-refractivity contribution in [3.63, 3.8) is 0 Å². The molecule has 0 radical (unpaired) electrons. The molecule has 6 heteroatoms. The molecule has 1 aromatic rings. The maximum atomic E-state index is 12.0. The van der Waals surface area contributed by atoms with Gasteiger partial charge in [0.05, 0.1) is 17.3 Å². The zero-order valence-electron chi connectivity index (χ0n) is 10.9. The molecule has 1 aromatic carbocycles. The van der Waals surface area contributed by atoms with E-state index in [0.29, 0.717) is 29.9 Å². The van der Waals surface area contributed by atoms with Gasteiger partial charge in [0.15, 0.2) is 9.84 Å². The van der Waals surface area contributed by atoms with Gasteiger partial charge in [0.25, 0.3) is 0 Å². The van der Waals surface area contributed by atoms with Crippen LogP contribution < -0.4 is 4.74 Å². The zero-order chi connectivity index (χ0) is 14.2. The lowest BCUT2D eigenvalue weighted by atomic mass is 9.97. The number of ether oxygens (including phenoxy) is 1. The monoisotopic (exact) mass is 284 g/mol. The lowest BCUT2D eigenvalue weighted by Crippen LogP contribution is -2.17. The summed E-state index contributed by atoms with van der Waals surface area (Å²) in [7, 11) is -3.44. The fourth-order valence-electron chi connectivity index (χ4n) is 2.31. The molecule has 104 valence electrons. The highest BCUT2D eigenvalue weighted by atomic mass is 32.2. The Morgan fingerprint density at radius 2 is 2.16 bits per heavy atom. The fraction of sp³-hybridized carbons (Fsp3) is 0.462. The van der Waals surface area contributed by atoms with Crippen LogP contribution in [0.1, 0.15) is 34.8 Å². The normalized spacial score (nSPS) is 14.6. The van der Waals surface area contributed by atoms with Crippen LogP contribution in [-0.2, 0) is 16.3 Å². The van der Waals surface area contributed by atoms with Crippen LogP contribution in [-0.4, -0.2) is 31.9 Å². The molecule has 5 nitrogen and oxygen atoms in total. The zero-order valence-corrected chi connectivity index (χ0v) is 11.7. The number of hydrogen-bond donors (Lipinski definition) is 1. The van der Waals surface area contributed by atoms with E-state index in [0.717, 1.165) is 6.42 Å². The van der Waals surface area contributed by atoms with Gasteiger partial charge in [-0.2, -0.15) is 0 Å². The van der Waals surface area contributed by atoms with E-state index in [9.17, 15) is 18.3 Å². The summed E-state index contributed by atoms with van der Waals surface area (Å²) in [5, 5.41) is 9.22. The second-order valence-corrected chi connectivity index (χ2v) is 6.76. The molecule has 0 saturated heterocycles. The summed E-state index contributed by atoms with van der Waals surface area (Å²) < 4.78 is 29.5. The Kier molecular flexibility index (Phi) is 3.54. The van der Waals surface area contributed by atoms with Crippen LogP contribution in [0.2, 0.25) is 0 Å². The molecule has 0 atom stereocenters. The number of sulfone groups is 1. The van der Waals surface area contributed by atoms with Gasteiger partial charge in [-0.3, -0.25) is 0 Å². The number of rotatable bonds is 3. The SMILES string of the molecule is CCS(=O)(=O)c1cc(C(=O)O)c2c(c1C)CCCO2. The van der Waals surface area contributed by atoms with Crippen molar-refractivity contribution in [3.05, 3.63) is 22.8 Å². The van der Waals surface area contributed by atoms with E-state index < -0.39 is 15.8 Å². The van der Waals surface area contributed by atoms with Gasteiger partial charge in [-0.25, -0.2) is 13.2 Å². The third-order valence-electron chi connectivity index (χ3n) is 3.38. The molecule has 0 bridgehead atoms. The van der Waals surface area contributed by atoms with Crippen molar-refractivity contribution in [3.8, 4) is 5.75 Å². The van der Waals surface area contributed by atoms with Gasteiger partial charge >= 0.3 is 5.97 Å². The van der Waals surface area contributed by atoms with E-state index in [1.165, 1.54) is 6.07 Å². The molecule has 0 aliphatic carbocycles. The summed E-state index contributed by atoms with van der Waals surface area (Å²) in [6.45, 7) is 3.72. The van der Waals surface area contributed by atoms with Crippen molar-refractivity contribution in [2.75, 3.05) is 12.4 Å². The summed E-state index contributed by atoms with van der Waals surface area (Å²) in [5.74, 6) is -0.885.